The number of nitrogens with zero attached hydrogens (tertiary/aromatic N) is 5. The molecule has 3 rings (SSSR count). The van der Waals surface area contributed by atoms with E-state index in [2.05, 4.69) is 33.4 Å². The Hall–Kier alpha value is -3.93. The number of carbonyl (C=O) groups excluding carboxylic acids is 2. The third-order valence-corrected chi connectivity index (χ3v) is 8.62. The summed E-state index contributed by atoms with van der Waals surface area (Å²) in [4.78, 5) is 35.6. The van der Waals surface area contributed by atoms with Crippen LogP contribution in [-0.4, -0.2) is 90.9 Å². The normalized spacial score (nSPS) is 11.2. The van der Waals surface area contributed by atoms with E-state index in [0.29, 0.717) is 13.1 Å². The van der Waals surface area contributed by atoms with Crippen molar-refractivity contribution < 1.29 is 35.9 Å². The number of fused-ring (bicyclic) bond motifs is 1. The topological polar surface area (TPSA) is 191 Å². The van der Waals surface area contributed by atoms with Crippen molar-refractivity contribution in [3.8, 4) is 11.8 Å². The van der Waals surface area contributed by atoms with Gasteiger partial charge in [0.1, 0.15) is 5.65 Å². The van der Waals surface area contributed by atoms with Gasteiger partial charge in [-0.05, 0) is 12.1 Å². The van der Waals surface area contributed by atoms with Gasteiger partial charge in [0.2, 0.25) is 17.7 Å². The van der Waals surface area contributed by atoms with Crippen LogP contribution in [0.15, 0.2) is 65.8 Å². The number of aromatic nitrogens is 4. The number of pyridine rings is 1. The van der Waals surface area contributed by atoms with Crippen LogP contribution in [0.1, 0.15) is 6.92 Å². The number of amides is 3. The minimum absolute atomic E-state index is 0.0584. The first-order valence-corrected chi connectivity index (χ1v) is 16.0. The first-order chi connectivity index (χ1) is 20.2. The summed E-state index contributed by atoms with van der Waals surface area (Å²) in [6.45, 7) is 9.23. The van der Waals surface area contributed by atoms with Gasteiger partial charge in [-0.15, -0.1) is 13.2 Å². The Balaban J connectivity index is 0.000000455. The minimum atomic E-state index is -4.68. The quantitative estimate of drug-likeness (QED) is 0.211. The first-order valence-electron chi connectivity index (χ1n) is 12.0. The van der Waals surface area contributed by atoms with E-state index in [9.17, 15) is 26.4 Å². The monoisotopic (exact) mass is 677 g/mol. The van der Waals surface area contributed by atoms with Crippen molar-refractivity contribution in [2.75, 3.05) is 38.4 Å². The van der Waals surface area contributed by atoms with Gasteiger partial charge in [-0.3, -0.25) is 14.5 Å². The average Bonchev–Trinajstić information content (AvgIpc) is 3.38. The van der Waals surface area contributed by atoms with Crippen molar-refractivity contribution in [2.45, 2.75) is 21.8 Å². The van der Waals surface area contributed by atoms with Gasteiger partial charge in [0.25, 0.3) is 15.9 Å². The van der Waals surface area contributed by atoms with Crippen molar-refractivity contribution in [3.05, 3.63) is 55.8 Å². The van der Waals surface area contributed by atoms with Crippen LogP contribution >= 0.6 is 23.2 Å². The fraction of sp³-hybridized carbons (Fsp3) is 0.292. The molecule has 0 aliphatic heterocycles. The Kier molecular flexibility index (Phi) is 12.7. The molecule has 0 saturated carbocycles. The number of sulfone groups is 1. The van der Waals surface area contributed by atoms with E-state index in [-0.39, 0.29) is 35.0 Å². The van der Waals surface area contributed by atoms with E-state index in [1.54, 1.807) is 22.9 Å². The second-order valence-electron chi connectivity index (χ2n) is 8.01. The van der Waals surface area contributed by atoms with Gasteiger partial charge < -0.3 is 14.4 Å². The lowest BCUT2D eigenvalue weighted by atomic mass is 10.4. The van der Waals surface area contributed by atoms with Gasteiger partial charge in [0, 0.05) is 19.3 Å². The van der Waals surface area contributed by atoms with Crippen molar-refractivity contribution in [1.82, 2.24) is 29.0 Å². The Morgan fingerprint density at radius 3 is 2.12 bits per heavy atom. The molecule has 43 heavy (non-hydrogen) atoms. The van der Waals surface area contributed by atoms with Crippen LogP contribution in [0.25, 0.3) is 5.65 Å². The number of halogens is 2. The number of anilines is 1. The highest BCUT2D eigenvalue weighted by Gasteiger charge is 2.33. The molecule has 3 heterocycles. The van der Waals surface area contributed by atoms with E-state index >= 15 is 0 Å². The van der Waals surface area contributed by atoms with Crippen LogP contribution in [-0.2, 0) is 24.7 Å². The predicted octanol–water partition coefficient (Wildman–Crippen LogP) is 2.44. The molecule has 3 aromatic rings. The van der Waals surface area contributed by atoms with Crippen LogP contribution in [0, 0.1) is 0 Å². The predicted molar refractivity (Wildman–Crippen MR) is 160 cm³/mol. The van der Waals surface area contributed by atoms with Crippen LogP contribution in [0.5, 0.6) is 11.8 Å². The lowest BCUT2D eigenvalue weighted by Gasteiger charge is -2.19. The zero-order chi connectivity index (χ0) is 32.4. The van der Waals surface area contributed by atoms with Crippen molar-refractivity contribution in [1.29, 1.82) is 0 Å². The molecule has 0 saturated heterocycles. The number of nitrogens with one attached hydrogen (secondary N) is 2. The maximum absolute atomic E-state index is 13.0. The second-order valence-corrected chi connectivity index (χ2v) is 12.9. The fourth-order valence-corrected chi connectivity index (χ4v) is 6.14. The highest BCUT2D eigenvalue weighted by Crippen LogP contribution is 2.24. The molecule has 3 amide bonds. The molecule has 19 heteroatoms. The molecule has 3 aromatic heterocycles. The molecule has 234 valence electrons. The van der Waals surface area contributed by atoms with Gasteiger partial charge in [0.05, 0.1) is 26.0 Å². The largest absolute Gasteiger partial charge is 0.481 e. The molecule has 0 bridgehead atoms. The van der Waals surface area contributed by atoms with Gasteiger partial charge in [-0.25, -0.2) is 22.9 Å². The number of rotatable bonds is 12. The second kappa shape index (κ2) is 15.5. The standard InChI is InChI=1S/C16H18N6O7S2.C8H11Cl2NO/c1-4-30(24,25)13-14(22-8-6-5-7-10(22)17-13)31(26,27)21-16(23)20-15-18-11(28-2)9-12(19-15)29-3;1-3-5-11(6-4-2)8(12)7(9)10/h5-9H,4H2,1-3H3,(H2,18,19,20,21,23);3-4,7H,1-2,5-6H2. The average molecular weight is 679 g/mol. The Morgan fingerprint density at radius 2 is 1.63 bits per heavy atom. The summed E-state index contributed by atoms with van der Waals surface area (Å²) in [5, 5.41) is 0.783. The molecule has 0 fully saturated rings. The molecule has 0 aromatic carbocycles. The molecule has 0 spiro atoms. The molecule has 0 atom stereocenters. The molecular formula is C24H29Cl2N7O8S2. The molecule has 0 unspecified atom stereocenters. The lowest BCUT2D eigenvalue weighted by molar-refractivity contribution is -0.128. The first kappa shape index (κ1) is 35.3. The van der Waals surface area contributed by atoms with Crippen LogP contribution in [0.3, 0.4) is 0 Å². The summed E-state index contributed by atoms with van der Waals surface area (Å²) < 4.78 is 63.5. The number of hydrogen-bond donors (Lipinski definition) is 2. The van der Waals surface area contributed by atoms with Gasteiger partial charge in [-0.1, -0.05) is 48.3 Å². The van der Waals surface area contributed by atoms with E-state index < -0.39 is 40.8 Å². The number of hydrogen-bond acceptors (Lipinski definition) is 11. The Labute approximate surface area is 258 Å². The van der Waals surface area contributed by atoms with Crippen molar-refractivity contribution in [2.24, 2.45) is 0 Å². The third-order valence-electron chi connectivity index (χ3n) is 5.13. The summed E-state index contributed by atoms with van der Waals surface area (Å²) in [6, 6.07) is 4.60. The minimum Gasteiger partial charge on any atom is -0.481 e. The smallest absolute Gasteiger partial charge is 0.335 e. The number of carbonyl (C=O) groups is 2. The van der Waals surface area contributed by atoms with Gasteiger partial charge in [0.15, 0.2) is 24.7 Å². The highest BCUT2D eigenvalue weighted by molar-refractivity contribution is 7.93. The summed E-state index contributed by atoms with van der Waals surface area (Å²) in [7, 11) is -6.04. The van der Waals surface area contributed by atoms with Gasteiger partial charge in [-0.2, -0.15) is 18.4 Å². The molecule has 0 aliphatic carbocycles. The molecular weight excluding hydrogens is 649 g/mol. The molecule has 15 nitrogen and oxygen atoms in total. The zero-order valence-electron chi connectivity index (χ0n) is 23.2. The maximum atomic E-state index is 13.0. The third kappa shape index (κ3) is 9.28. The number of methoxy groups -OCH3 is 2. The maximum Gasteiger partial charge on any atom is 0.335 e. The number of alkyl halides is 2. The molecule has 2 N–H and O–H groups in total. The summed E-state index contributed by atoms with van der Waals surface area (Å²) in [5.41, 5.74) is 0.0798. The number of imidazole rings is 1. The van der Waals surface area contributed by atoms with Crippen LogP contribution < -0.4 is 19.5 Å². The Morgan fingerprint density at radius 1 is 1.05 bits per heavy atom. The van der Waals surface area contributed by atoms with Crippen molar-refractivity contribution >= 4 is 66.6 Å². The van der Waals surface area contributed by atoms with Crippen LogP contribution in [0.2, 0.25) is 0 Å². The zero-order valence-corrected chi connectivity index (χ0v) is 26.4. The van der Waals surface area contributed by atoms with Crippen LogP contribution in [0.4, 0.5) is 10.7 Å². The molecule has 0 aliphatic rings. The lowest BCUT2D eigenvalue weighted by Crippen LogP contribution is -2.36. The van der Waals surface area contributed by atoms with Gasteiger partial charge >= 0.3 is 6.03 Å². The Bertz CT molecular complexity index is 1660. The summed E-state index contributed by atoms with van der Waals surface area (Å²) in [5.74, 6) is -0.893. The van der Waals surface area contributed by atoms with E-state index in [1.165, 1.54) is 50.4 Å². The van der Waals surface area contributed by atoms with E-state index in [1.807, 2.05) is 0 Å². The summed E-state index contributed by atoms with van der Waals surface area (Å²) in [6.07, 6.45) is 4.54. The molecule has 0 radical (unpaired) electrons. The highest BCUT2D eigenvalue weighted by atomic mass is 35.5. The van der Waals surface area contributed by atoms with Crippen molar-refractivity contribution in [3.63, 3.8) is 0 Å². The summed E-state index contributed by atoms with van der Waals surface area (Å²) >= 11 is 10.8. The number of sulfonamides is 1. The SMILES string of the molecule is C=CCN(CC=C)C(=O)C(Cl)Cl.CCS(=O)(=O)c1nc2ccccn2c1S(=O)(=O)NC(=O)Nc1nc(OC)cc(OC)n1. The van der Waals surface area contributed by atoms with E-state index in [0.717, 1.165) is 4.40 Å². The number of urea groups is 1. The number of ether oxygens (including phenoxy) is 2. The fourth-order valence-electron chi connectivity index (χ4n) is 3.21. The van der Waals surface area contributed by atoms with E-state index in [4.69, 9.17) is 32.7 Å².